The molecule has 0 unspecified atom stereocenters. The van der Waals surface area contributed by atoms with Gasteiger partial charge in [-0.1, -0.05) is 29.8 Å². The van der Waals surface area contributed by atoms with Crippen molar-refractivity contribution >= 4 is 28.9 Å². The summed E-state index contributed by atoms with van der Waals surface area (Å²) in [4.78, 5) is 1.97. The lowest BCUT2D eigenvalue weighted by molar-refractivity contribution is 0.122. The predicted molar refractivity (Wildman–Crippen MR) is 94.4 cm³/mol. The molecule has 1 fully saturated rings. The van der Waals surface area contributed by atoms with Gasteiger partial charge in [-0.2, -0.15) is 5.26 Å². The Morgan fingerprint density at radius 1 is 1.21 bits per heavy atom. The minimum absolute atomic E-state index is 0.297. The maximum Gasteiger partial charge on any atom is 0.147 e. The number of ether oxygens (including phenoxy) is 1. The molecule has 3 nitrogen and oxygen atoms in total. The molecular weight excluding hydrogens is 327 g/mol. The van der Waals surface area contributed by atoms with Crippen LogP contribution in [0.5, 0.6) is 0 Å². The molecule has 0 aliphatic carbocycles. The highest BCUT2D eigenvalue weighted by molar-refractivity contribution is 6.30. The Hall–Kier alpha value is -2.35. The molecule has 1 heterocycles. The molecule has 3 rings (SSSR count). The number of morpholine rings is 1. The zero-order valence-electron chi connectivity index (χ0n) is 13.0. The first kappa shape index (κ1) is 16.5. The lowest BCUT2D eigenvalue weighted by Gasteiger charge is -2.29. The summed E-state index contributed by atoms with van der Waals surface area (Å²) in [7, 11) is 0. The molecule has 0 bridgehead atoms. The molecule has 2 aromatic rings. The zero-order chi connectivity index (χ0) is 16.9. The van der Waals surface area contributed by atoms with Gasteiger partial charge in [-0.15, -0.1) is 0 Å². The molecule has 0 atom stereocenters. The lowest BCUT2D eigenvalue weighted by Crippen LogP contribution is -2.36. The number of halogens is 2. The molecule has 1 aliphatic rings. The third kappa shape index (κ3) is 3.76. The van der Waals surface area contributed by atoms with Crippen molar-refractivity contribution in [2.24, 2.45) is 0 Å². The normalized spacial score (nSPS) is 15.2. The van der Waals surface area contributed by atoms with E-state index in [1.165, 1.54) is 6.07 Å². The largest absolute Gasteiger partial charge is 0.378 e. The van der Waals surface area contributed by atoms with E-state index in [4.69, 9.17) is 16.3 Å². The lowest BCUT2D eigenvalue weighted by atomic mass is 10.0. The Balaban J connectivity index is 1.89. The second-order valence-electron chi connectivity index (χ2n) is 5.49. The minimum atomic E-state index is -0.297. The van der Waals surface area contributed by atoms with Crippen LogP contribution in [0.15, 0.2) is 42.5 Å². The summed E-state index contributed by atoms with van der Waals surface area (Å²) in [5.41, 5.74) is 2.36. The van der Waals surface area contributed by atoms with Crippen LogP contribution in [0.4, 0.5) is 10.1 Å². The van der Waals surface area contributed by atoms with Crippen molar-refractivity contribution < 1.29 is 9.13 Å². The van der Waals surface area contributed by atoms with Gasteiger partial charge >= 0.3 is 0 Å². The summed E-state index contributed by atoms with van der Waals surface area (Å²) >= 11 is 5.97. The molecule has 0 spiro atoms. The summed E-state index contributed by atoms with van der Waals surface area (Å²) in [5, 5.41) is 9.94. The van der Waals surface area contributed by atoms with Gasteiger partial charge in [0.1, 0.15) is 5.82 Å². The highest BCUT2D eigenvalue weighted by Gasteiger charge is 2.15. The third-order valence-electron chi connectivity index (χ3n) is 3.89. The van der Waals surface area contributed by atoms with Crippen LogP contribution >= 0.6 is 11.6 Å². The predicted octanol–water partition coefficient (Wildman–Crippen LogP) is 4.38. The van der Waals surface area contributed by atoms with Gasteiger partial charge in [0.2, 0.25) is 0 Å². The fourth-order valence-corrected chi connectivity index (χ4v) is 2.87. The number of hydrogen-bond donors (Lipinski definition) is 0. The van der Waals surface area contributed by atoms with Crippen molar-refractivity contribution in [2.75, 3.05) is 31.2 Å². The number of nitriles is 1. The van der Waals surface area contributed by atoms with Gasteiger partial charge in [-0.3, -0.25) is 0 Å². The van der Waals surface area contributed by atoms with E-state index in [-0.39, 0.29) is 5.82 Å². The van der Waals surface area contributed by atoms with Crippen LogP contribution in [0.1, 0.15) is 11.1 Å². The van der Waals surface area contributed by atoms with E-state index in [1.807, 2.05) is 11.0 Å². The van der Waals surface area contributed by atoms with Crippen LogP contribution in [0.3, 0.4) is 0 Å². The summed E-state index contributed by atoms with van der Waals surface area (Å²) in [6, 6.07) is 14.2. The van der Waals surface area contributed by atoms with Crippen molar-refractivity contribution in [3.63, 3.8) is 0 Å². The van der Waals surface area contributed by atoms with Gasteiger partial charge in [0.05, 0.1) is 30.5 Å². The fourth-order valence-electron chi connectivity index (χ4n) is 2.68. The third-order valence-corrected chi connectivity index (χ3v) is 4.13. The molecule has 0 radical (unpaired) electrons. The van der Waals surface area contributed by atoms with Gasteiger partial charge < -0.3 is 9.64 Å². The molecule has 0 amide bonds. The molecule has 0 N–H and O–H groups in total. The number of hydrogen-bond acceptors (Lipinski definition) is 3. The quantitative estimate of drug-likeness (QED) is 0.613. The van der Waals surface area contributed by atoms with E-state index in [0.29, 0.717) is 53.7 Å². The summed E-state index contributed by atoms with van der Waals surface area (Å²) < 4.78 is 19.7. The fraction of sp³-hybridized carbons (Fsp3) is 0.211. The maximum absolute atomic E-state index is 14.4. The molecular formula is C19H16ClFN2O. The molecule has 24 heavy (non-hydrogen) atoms. The molecule has 2 aromatic carbocycles. The Labute approximate surface area is 145 Å². The van der Waals surface area contributed by atoms with E-state index in [0.717, 1.165) is 0 Å². The van der Waals surface area contributed by atoms with E-state index < -0.39 is 0 Å². The van der Waals surface area contributed by atoms with E-state index in [1.54, 1.807) is 36.4 Å². The smallest absolute Gasteiger partial charge is 0.147 e. The van der Waals surface area contributed by atoms with Crippen LogP contribution in [-0.4, -0.2) is 26.3 Å². The van der Waals surface area contributed by atoms with Crippen molar-refractivity contribution in [2.45, 2.75) is 0 Å². The van der Waals surface area contributed by atoms with Crippen LogP contribution in [-0.2, 0) is 4.74 Å². The van der Waals surface area contributed by atoms with Gasteiger partial charge in [-0.05, 0) is 41.5 Å². The van der Waals surface area contributed by atoms with E-state index in [9.17, 15) is 9.65 Å². The molecule has 5 heteroatoms. The standard InChI is InChI=1S/C19H16ClFN2O/c20-17-3-1-2-15(12-17)16(13-22)10-14-4-5-19(18(21)11-14)23-6-8-24-9-7-23/h1-5,10-12H,6-9H2/b16-10-. The second kappa shape index (κ2) is 7.48. The molecule has 122 valence electrons. The van der Waals surface area contributed by atoms with Crippen LogP contribution in [0.2, 0.25) is 5.02 Å². The SMILES string of the molecule is N#C/C(=C/c1ccc(N2CCOCC2)c(F)c1)c1cccc(Cl)c1. The second-order valence-corrected chi connectivity index (χ2v) is 5.93. The van der Waals surface area contributed by atoms with E-state index in [2.05, 4.69) is 6.07 Å². The Morgan fingerprint density at radius 2 is 2.00 bits per heavy atom. The average molecular weight is 343 g/mol. The summed E-state index contributed by atoms with van der Waals surface area (Å²) in [6.07, 6.45) is 1.66. The van der Waals surface area contributed by atoms with Crippen molar-refractivity contribution in [1.82, 2.24) is 0 Å². The van der Waals surface area contributed by atoms with Gasteiger partial charge in [0.15, 0.2) is 0 Å². The van der Waals surface area contributed by atoms with Crippen LogP contribution < -0.4 is 4.90 Å². The number of benzene rings is 2. The number of allylic oxidation sites excluding steroid dienone is 1. The average Bonchev–Trinajstić information content (AvgIpc) is 2.60. The first-order chi connectivity index (χ1) is 11.7. The first-order valence-corrected chi connectivity index (χ1v) is 8.05. The van der Waals surface area contributed by atoms with Crippen LogP contribution in [0.25, 0.3) is 11.6 Å². The van der Waals surface area contributed by atoms with Crippen LogP contribution in [0, 0.1) is 17.1 Å². The van der Waals surface area contributed by atoms with Crippen molar-refractivity contribution in [1.29, 1.82) is 5.26 Å². The Morgan fingerprint density at radius 3 is 2.67 bits per heavy atom. The van der Waals surface area contributed by atoms with Gasteiger partial charge in [0, 0.05) is 18.1 Å². The van der Waals surface area contributed by atoms with Crippen molar-refractivity contribution in [3.8, 4) is 6.07 Å². The maximum atomic E-state index is 14.4. The number of anilines is 1. The summed E-state index contributed by atoms with van der Waals surface area (Å²) in [6.45, 7) is 2.57. The number of rotatable bonds is 3. The van der Waals surface area contributed by atoms with Gasteiger partial charge in [0.25, 0.3) is 0 Å². The Bertz CT molecular complexity index is 807. The number of nitrogens with zero attached hydrogens (tertiary/aromatic N) is 2. The minimum Gasteiger partial charge on any atom is -0.378 e. The van der Waals surface area contributed by atoms with Crippen molar-refractivity contribution in [3.05, 3.63) is 64.4 Å². The first-order valence-electron chi connectivity index (χ1n) is 7.67. The molecule has 1 saturated heterocycles. The molecule has 0 aromatic heterocycles. The molecule has 0 saturated carbocycles. The van der Waals surface area contributed by atoms with E-state index >= 15 is 0 Å². The summed E-state index contributed by atoms with van der Waals surface area (Å²) in [5.74, 6) is -0.297. The van der Waals surface area contributed by atoms with Gasteiger partial charge in [-0.25, -0.2) is 4.39 Å². The highest BCUT2D eigenvalue weighted by Crippen LogP contribution is 2.25. The molecule has 1 aliphatic heterocycles. The monoisotopic (exact) mass is 342 g/mol. The highest BCUT2D eigenvalue weighted by atomic mass is 35.5. The zero-order valence-corrected chi connectivity index (χ0v) is 13.8. The topological polar surface area (TPSA) is 36.3 Å². The Kier molecular flexibility index (Phi) is 5.14.